The smallest absolute Gasteiger partial charge is 0.354 e. The van der Waals surface area contributed by atoms with Gasteiger partial charge < -0.3 is 50.8 Å². The zero-order chi connectivity index (χ0) is 43.4. The van der Waals surface area contributed by atoms with Gasteiger partial charge in [0.05, 0.1) is 31.7 Å². The van der Waals surface area contributed by atoms with Crippen molar-refractivity contribution in [3.63, 3.8) is 0 Å². The van der Waals surface area contributed by atoms with Gasteiger partial charge >= 0.3 is 5.69 Å². The number of hydrogen-bond acceptors (Lipinski definition) is 16. The molecule has 3 aromatic rings. The third kappa shape index (κ3) is 10.2. The van der Waals surface area contributed by atoms with Gasteiger partial charge in [0, 0.05) is 69.9 Å². The van der Waals surface area contributed by atoms with Gasteiger partial charge in [0.25, 0.3) is 5.91 Å². The minimum absolute atomic E-state index is 0.0454. The van der Waals surface area contributed by atoms with Crippen LogP contribution in [0.25, 0.3) is 0 Å². The van der Waals surface area contributed by atoms with E-state index >= 15 is 0 Å². The monoisotopic (exact) mass is 846 g/mol. The van der Waals surface area contributed by atoms with Crippen LogP contribution in [0.5, 0.6) is 5.75 Å². The molecule has 0 bridgehead atoms. The van der Waals surface area contributed by atoms with Crippen molar-refractivity contribution in [2.75, 3.05) is 74.3 Å². The van der Waals surface area contributed by atoms with Crippen molar-refractivity contribution >= 4 is 40.9 Å². The van der Waals surface area contributed by atoms with Crippen molar-refractivity contribution in [3.8, 4) is 5.75 Å². The molecule has 2 saturated heterocycles. The van der Waals surface area contributed by atoms with E-state index < -0.39 is 24.1 Å². The fourth-order valence-electron chi connectivity index (χ4n) is 8.93. The number of benzene rings is 1. The average Bonchev–Trinajstić information content (AvgIpc) is 4.00. The molecule has 4 atom stereocenters. The molecular formula is C42H62N12O7. The lowest BCUT2D eigenvalue weighted by molar-refractivity contribution is -0.120. The van der Waals surface area contributed by atoms with Crippen molar-refractivity contribution < 1.29 is 29.3 Å². The summed E-state index contributed by atoms with van der Waals surface area (Å²) >= 11 is 0. The number of aliphatic hydroxyl groups is 2. The number of fused-ring (bicyclic) bond motifs is 1. The van der Waals surface area contributed by atoms with Crippen LogP contribution in [0.3, 0.4) is 0 Å². The van der Waals surface area contributed by atoms with Gasteiger partial charge in [-0.3, -0.25) is 19.1 Å². The lowest BCUT2D eigenvalue weighted by Crippen LogP contribution is -2.54. The van der Waals surface area contributed by atoms with Crippen LogP contribution in [-0.2, 0) is 9.53 Å². The van der Waals surface area contributed by atoms with Crippen LogP contribution in [0, 0.1) is 5.92 Å². The number of amides is 2. The second-order valence-corrected chi connectivity index (χ2v) is 17.0. The first kappa shape index (κ1) is 44.1. The summed E-state index contributed by atoms with van der Waals surface area (Å²) in [5, 5.41) is 24.9. The van der Waals surface area contributed by atoms with E-state index in [1.807, 2.05) is 19.1 Å². The maximum atomic E-state index is 13.3. The number of hydrogen-bond donors (Lipinski definition) is 5. The van der Waals surface area contributed by atoms with E-state index in [4.69, 9.17) is 25.3 Å². The number of likely N-dealkylation sites (N-methyl/N-ethyl adjacent to an activating group) is 1. The number of aromatic nitrogens is 5. The number of nitrogens with two attached hydrogens (primary N) is 1. The second-order valence-electron chi connectivity index (χ2n) is 17.0. The van der Waals surface area contributed by atoms with Crippen LogP contribution in [0.2, 0.25) is 0 Å². The Morgan fingerprint density at radius 1 is 1.05 bits per heavy atom. The normalized spacial score (nSPS) is 25.8. The highest BCUT2D eigenvalue weighted by Crippen LogP contribution is 2.38. The number of aliphatic hydroxyl groups excluding tert-OH is 2. The Kier molecular flexibility index (Phi) is 14.0. The number of carbonyl (C=O) groups is 2. The van der Waals surface area contributed by atoms with Crippen LogP contribution in [0.15, 0.2) is 35.5 Å². The van der Waals surface area contributed by atoms with E-state index in [2.05, 4.69) is 54.1 Å². The molecule has 3 aliphatic heterocycles. The van der Waals surface area contributed by atoms with Crippen molar-refractivity contribution in [3.05, 3.63) is 46.8 Å². The van der Waals surface area contributed by atoms with Gasteiger partial charge in [0.15, 0.2) is 5.82 Å². The highest BCUT2D eigenvalue weighted by Gasteiger charge is 2.39. The number of piperazine rings is 1. The Morgan fingerprint density at radius 2 is 1.79 bits per heavy atom. The molecule has 2 aromatic heterocycles. The molecule has 19 heteroatoms. The second kappa shape index (κ2) is 19.4. The third-order valence-corrected chi connectivity index (χ3v) is 12.6. The Morgan fingerprint density at radius 3 is 2.41 bits per heavy atom. The summed E-state index contributed by atoms with van der Waals surface area (Å²) in [7, 11) is 3.36. The first-order chi connectivity index (χ1) is 29.4. The van der Waals surface area contributed by atoms with Gasteiger partial charge in [-0.2, -0.15) is 9.97 Å². The number of nitrogens with one attached hydrogen (secondary N) is 2. The molecule has 5 aliphatic rings. The predicted molar refractivity (Wildman–Crippen MR) is 230 cm³/mol. The van der Waals surface area contributed by atoms with Gasteiger partial charge in [0.1, 0.15) is 36.1 Å². The number of carbonyl (C=O) groups excluding carboxylic acids is 2. The van der Waals surface area contributed by atoms with Gasteiger partial charge in [-0.05, 0) is 82.9 Å². The van der Waals surface area contributed by atoms with E-state index in [1.165, 1.54) is 51.9 Å². The Hall–Kier alpha value is -4.95. The van der Waals surface area contributed by atoms with Crippen LogP contribution < -0.4 is 36.6 Å². The third-order valence-electron chi connectivity index (χ3n) is 12.6. The number of rotatable bonds is 12. The van der Waals surface area contributed by atoms with E-state index in [1.54, 1.807) is 31.3 Å². The van der Waals surface area contributed by atoms with Gasteiger partial charge in [-0.15, -0.1) is 0 Å². The summed E-state index contributed by atoms with van der Waals surface area (Å²) in [5.41, 5.74) is 6.56. The van der Waals surface area contributed by atoms with E-state index in [9.17, 15) is 19.5 Å². The van der Waals surface area contributed by atoms with Crippen molar-refractivity contribution in [1.82, 2.24) is 39.6 Å². The SMILES string of the molecule is CC[C@@H]1C(=O)N(C)c2cnc(Nc3ccc(C(=O)NC4CCC(N5CCN(CC6CC6)CC5)CC4)cc3OC)nc2N1C(C)C.Nc1ncn([C@H]2C[C@H](O)[C@@H](CO)O2)c(=O)n1. The quantitative estimate of drug-likeness (QED) is 0.176. The van der Waals surface area contributed by atoms with Crippen LogP contribution in [0.4, 0.5) is 29.1 Å². The molecule has 0 unspecified atom stereocenters. The lowest BCUT2D eigenvalue weighted by atomic mass is 9.89. The van der Waals surface area contributed by atoms with Crippen LogP contribution in [0.1, 0.15) is 88.7 Å². The van der Waals surface area contributed by atoms with Crippen molar-refractivity contribution in [1.29, 1.82) is 0 Å². The summed E-state index contributed by atoms with van der Waals surface area (Å²) in [6, 6.07) is 6.05. The molecule has 8 rings (SSSR count). The molecule has 6 N–H and O–H groups in total. The number of methoxy groups -OCH3 is 1. The topological polar surface area (TPSA) is 230 Å². The molecule has 0 spiro atoms. The molecule has 332 valence electrons. The van der Waals surface area contributed by atoms with Gasteiger partial charge in [0.2, 0.25) is 17.8 Å². The molecule has 2 aliphatic carbocycles. The first-order valence-corrected chi connectivity index (χ1v) is 21.7. The highest BCUT2D eigenvalue weighted by molar-refractivity contribution is 6.04. The summed E-state index contributed by atoms with van der Waals surface area (Å²) < 4.78 is 12.1. The molecule has 4 fully saturated rings. The van der Waals surface area contributed by atoms with Crippen LogP contribution >= 0.6 is 0 Å². The fourth-order valence-corrected chi connectivity index (χ4v) is 8.93. The zero-order valence-electron chi connectivity index (χ0n) is 35.9. The van der Waals surface area contributed by atoms with E-state index in [0.29, 0.717) is 41.1 Å². The maximum absolute atomic E-state index is 13.3. The summed E-state index contributed by atoms with van der Waals surface area (Å²) in [5.74, 6) is 2.47. The molecule has 0 radical (unpaired) electrons. The molecule has 19 nitrogen and oxygen atoms in total. The number of nitrogens with zero attached hydrogens (tertiary/aromatic N) is 9. The number of anilines is 5. The minimum atomic E-state index is -0.806. The Balaban J connectivity index is 0.000000293. The standard InChI is InChI=1S/C34H50N8O3.C8H12N4O4/c1-6-28-33(44)39(4)29-20-35-34(38-31(29)42(28)22(2)3)37-27-14-9-24(19-30(27)45-5)32(43)36-25-10-12-26(13-11-25)41-17-15-40(16-18-41)21-23-7-8-23;9-7-10-3-12(8(15)11-7)6-1-4(14)5(2-13)16-6/h9,14,19-20,22-23,25-26,28H,6-8,10-13,15-18,21H2,1-5H3,(H,36,43)(H,35,37,38);3-6,13-14H,1-2H2,(H2,9,11,15)/t25?,26?,28-;4-,5+,6+/m10/s1. The molecule has 2 amide bonds. The highest BCUT2D eigenvalue weighted by atomic mass is 16.5. The first-order valence-electron chi connectivity index (χ1n) is 21.7. The summed E-state index contributed by atoms with van der Waals surface area (Å²) in [4.78, 5) is 63.2. The number of ether oxygens (including phenoxy) is 2. The minimum Gasteiger partial charge on any atom is -0.495 e. The maximum Gasteiger partial charge on any atom is 0.354 e. The summed E-state index contributed by atoms with van der Waals surface area (Å²) in [6.07, 6.45) is 8.77. The molecular weight excluding hydrogens is 785 g/mol. The van der Waals surface area contributed by atoms with E-state index in [0.717, 1.165) is 42.0 Å². The van der Waals surface area contributed by atoms with Gasteiger partial charge in [-0.25, -0.2) is 14.8 Å². The summed E-state index contributed by atoms with van der Waals surface area (Å²) in [6.45, 7) is 11.9. The molecule has 2 saturated carbocycles. The predicted octanol–water partition coefficient (Wildman–Crippen LogP) is 2.13. The molecule has 61 heavy (non-hydrogen) atoms. The molecule has 5 heterocycles. The Labute approximate surface area is 356 Å². The lowest BCUT2D eigenvalue weighted by Gasteiger charge is -2.42. The van der Waals surface area contributed by atoms with Gasteiger partial charge in [-0.1, -0.05) is 6.92 Å². The van der Waals surface area contributed by atoms with E-state index in [-0.39, 0.29) is 48.9 Å². The largest absolute Gasteiger partial charge is 0.495 e. The number of nitrogen functional groups attached to an aromatic ring is 1. The van der Waals surface area contributed by atoms with Crippen molar-refractivity contribution in [2.45, 2.75) is 115 Å². The average molecular weight is 847 g/mol. The van der Waals surface area contributed by atoms with Crippen LogP contribution in [-0.4, -0.2) is 146 Å². The molecule has 1 aromatic carbocycles. The van der Waals surface area contributed by atoms with Crippen molar-refractivity contribution in [2.24, 2.45) is 5.92 Å². The Bertz CT molecular complexity index is 2050. The zero-order valence-corrected chi connectivity index (χ0v) is 35.9. The fraction of sp³-hybridized carbons (Fsp3) is 0.643.